The van der Waals surface area contributed by atoms with Crippen LogP contribution >= 0.6 is 11.3 Å². The Morgan fingerprint density at radius 2 is 1.65 bits per heavy atom. The molecule has 0 aliphatic heterocycles. The number of halogens is 1. The van der Waals surface area contributed by atoms with Gasteiger partial charge in [-0.2, -0.15) is 4.72 Å². The highest BCUT2D eigenvalue weighted by Gasteiger charge is 2.28. The summed E-state index contributed by atoms with van der Waals surface area (Å²) in [7, 11) is -4.28. The number of benzene rings is 3. The Kier molecular flexibility index (Phi) is 6.08. The number of nitrogens with zero attached hydrogens (tertiary/aromatic N) is 1. The van der Waals surface area contributed by atoms with Crippen molar-refractivity contribution in [2.75, 3.05) is 5.32 Å². The molecule has 0 aliphatic carbocycles. The first-order chi connectivity index (χ1) is 14.9. The molecule has 31 heavy (non-hydrogen) atoms. The number of fused-ring (bicyclic) bond motifs is 1. The Bertz CT molecular complexity index is 1290. The number of anilines is 1. The zero-order valence-electron chi connectivity index (χ0n) is 16.2. The van der Waals surface area contributed by atoms with Gasteiger partial charge in [-0.15, -0.1) is 0 Å². The van der Waals surface area contributed by atoms with Gasteiger partial charge in [-0.05, 0) is 36.2 Å². The van der Waals surface area contributed by atoms with Crippen molar-refractivity contribution in [3.05, 3.63) is 90.2 Å². The molecule has 1 amide bonds. The first-order valence-electron chi connectivity index (χ1n) is 9.39. The van der Waals surface area contributed by atoms with Crippen LogP contribution < -0.4 is 10.0 Å². The lowest BCUT2D eigenvalue weighted by Gasteiger charge is -2.18. The molecule has 1 aromatic heterocycles. The molecule has 0 unspecified atom stereocenters. The molecule has 0 spiro atoms. The van der Waals surface area contributed by atoms with Crippen molar-refractivity contribution >= 4 is 42.6 Å². The lowest BCUT2D eigenvalue weighted by atomic mass is 10.1. The van der Waals surface area contributed by atoms with Gasteiger partial charge in [0.1, 0.15) is 16.8 Å². The second-order valence-corrected chi connectivity index (χ2v) is 9.48. The molecule has 3 aromatic carbocycles. The highest BCUT2D eigenvalue weighted by molar-refractivity contribution is 7.89. The summed E-state index contributed by atoms with van der Waals surface area (Å²) in [4.78, 5) is 16.9. The summed E-state index contributed by atoms with van der Waals surface area (Å²) >= 11 is 1.29. The number of carbonyl (C=O) groups excluding carboxylic acids is 1. The highest BCUT2D eigenvalue weighted by Crippen LogP contribution is 2.25. The van der Waals surface area contributed by atoms with Gasteiger partial charge in [0.15, 0.2) is 5.13 Å². The van der Waals surface area contributed by atoms with Crippen LogP contribution in [0.1, 0.15) is 5.56 Å². The Morgan fingerprint density at radius 3 is 2.39 bits per heavy atom. The molecule has 0 bridgehead atoms. The fraction of sp³-hybridized carbons (Fsp3) is 0.0909. The number of aromatic nitrogens is 1. The Hall–Kier alpha value is -3.14. The van der Waals surface area contributed by atoms with Gasteiger partial charge in [0.25, 0.3) is 0 Å². The number of carbonyl (C=O) groups is 1. The predicted octanol–water partition coefficient (Wildman–Crippen LogP) is 3.96. The molecule has 1 heterocycles. The second kappa shape index (κ2) is 8.93. The van der Waals surface area contributed by atoms with Gasteiger partial charge in [-0.25, -0.2) is 17.8 Å². The SMILES string of the molecule is O=C(Nc1nc2ccccc2s1)[C@@H](Cc1ccccc1)NS(=O)(=O)c1ccccc1F. The van der Waals surface area contributed by atoms with E-state index in [1.165, 1.54) is 23.5 Å². The van der Waals surface area contributed by atoms with E-state index in [9.17, 15) is 17.6 Å². The molecule has 0 fully saturated rings. The van der Waals surface area contributed by atoms with Gasteiger partial charge >= 0.3 is 0 Å². The van der Waals surface area contributed by atoms with Crippen molar-refractivity contribution in [1.29, 1.82) is 0 Å². The zero-order valence-corrected chi connectivity index (χ0v) is 17.8. The number of sulfonamides is 1. The van der Waals surface area contributed by atoms with Crippen LogP contribution in [0.2, 0.25) is 0 Å². The smallest absolute Gasteiger partial charge is 0.244 e. The van der Waals surface area contributed by atoms with E-state index < -0.39 is 32.7 Å². The van der Waals surface area contributed by atoms with Crippen LogP contribution in [0.4, 0.5) is 9.52 Å². The van der Waals surface area contributed by atoms with Crippen molar-refractivity contribution in [1.82, 2.24) is 9.71 Å². The minimum atomic E-state index is -4.28. The van der Waals surface area contributed by atoms with Gasteiger partial charge in [0.2, 0.25) is 15.9 Å². The highest BCUT2D eigenvalue weighted by atomic mass is 32.2. The van der Waals surface area contributed by atoms with E-state index in [4.69, 9.17) is 0 Å². The van der Waals surface area contributed by atoms with Gasteiger partial charge in [0, 0.05) is 0 Å². The molecule has 158 valence electrons. The van der Waals surface area contributed by atoms with Crippen LogP contribution in [0, 0.1) is 5.82 Å². The lowest BCUT2D eigenvalue weighted by molar-refractivity contribution is -0.117. The summed E-state index contributed by atoms with van der Waals surface area (Å²) in [6.07, 6.45) is 0.0885. The van der Waals surface area contributed by atoms with E-state index in [0.717, 1.165) is 27.9 Å². The van der Waals surface area contributed by atoms with E-state index in [1.54, 1.807) is 24.3 Å². The standard InChI is InChI=1S/C22H18FN3O3S2/c23-16-10-4-7-13-20(16)31(28,29)26-18(14-15-8-2-1-3-9-15)21(27)25-22-24-17-11-5-6-12-19(17)30-22/h1-13,18,26H,14H2,(H,24,25,27)/t18-/m1/s1. The third-order valence-corrected chi connectivity index (χ3v) is 7.00. The Labute approximate surface area is 182 Å². The number of hydrogen-bond donors (Lipinski definition) is 2. The fourth-order valence-corrected chi connectivity index (χ4v) is 5.21. The quantitative estimate of drug-likeness (QED) is 0.442. The van der Waals surface area contributed by atoms with Gasteiger partial charge in [-0.3, -0.25) is 4.79 Å². The molecule has 0 aliphatic rings. The second-order valence-electron chi connectivity index (χ2n) is 6.77. The molecule has 0 saturated carbocycles. The van der Waals surface area contributed by atoms with Crippen LogP contribution in [0.5, 0.6) is 0 Å². The summed E-state index contributed by atoms with van der Waals surface area (Å²) in [6.45, 7) is 0. The average Bonchev–Trinajstić information content (AvgIpc) is 3.16. The van der Waals surface area contributed by atoms with Crippen molar-refractivity contribution in [3.63, 3.8) is 0 Å². The Balaban J connectivity index is 1.61. The summed E-state index contributed by atoms with van der Waals surface area (Å²) in [5, 5.41) is 3.04. The van der Waals surface area contributed by atoms with Gasteiger partial charge in [-0.1, -0.05) is 65.9 Å². The van der Waals surface area contributed by atoms with E-state index >= 15 is 0 Å². The van der Waals surface area contributed by atoms with E-state index in [-0.39, 0.29) is 6.42 Å². The van der Waals surface area contributed by atoms with Crippen molar-refractivity contribution in [2.45, 2.75) is 17.4 Å². The molecule has 0 saturated heterocycles. The van der Waals surface area contributed by atoms with Crippen LogP contribution in [0.15, 0.2) is 83.8 Å². The van der Waals surface area contributed by atoms with Crippen molar-refractivity contribution in [3.8, 4) is 0 Å². The van der Waals surface area contributed by atoms with Crippen LogP contribution in [-0.2, 0) is 21.2 Å². The average molecular weight is 456 g/mol. The zero-order chi connectivity index (χ0) is 21.8. The maximum absolute atomic E-state index is 14.1. The van der Waals surface area contributed by atoms with Crippen molar-refractivity contribution < 1.29 is 17.6 Å². The maximum Gasteiger partial charge on any atom is 0.244 e. The number of amides is 1. The molecule has 2 N–H and O–H groups in total. The lowest BCUT2D eigenvalue weighted by Crippen LogP contribution is -2.45. The first kappa shape index (κ1) is 21.1. The Morgan fingerprint density at radius 1 is 0.968 bits per heavy atom. The third kappa shape index (κ3) is 4.96. The van der Waals surface area contributed by atoms with Crippen molar-refractivity contribution in [2.24, 2.45) is 0 Å². The maximum atomic E-state index is 14.1. The summed E-state index contributed by atoms with van der Waals surface area (Å²) < 4.78 is 43.0. The summed E-state index contributed by atoms with van der Waals surface area (Å²) in [6, 6.07) is 20.3. The van der Waals surface area contributed by atoms with Crippen LogP contribution in [0.25, 0.3) is 10.2 Å². The molecule has 4 aromatic rings. The fourth-order valence-electron chi connectivity index (χ4n) is 3.07. The normalized spacial score (nSPS) is 12.5. The predicted molar refractivity (Wildman–Crippen MR) is 119 cm³/mol. The topological polar surface area (TPSA) is 88.2 Å². The summed E-state index contributed by atoms with van der Waals surface area (Å²) in [5.41, 5.74) is 1.48. The summed E-state index contributed by atoms with van der Waals surface area (Å²) in [5.74, 6) is -1.47. The molecular formula is C22H18FN3O3S2. The van der Waals surface area contributed by atoms with E-state index in [0.29, 0.717) is 5.13 Å². The van der Waals surface area contributed by atoms with Crippen LogP contribution in [-0.4, -0.2) is 25.4 Å². The van der Waals surface area contributed by atoms with E-state index in [2.05, 4.69) is 15.0 Å². The molecule has 0 radical (unpaired) electrons. The molecule has 6 nitrogen and oxygen atoms in total. The molecule has 9 heteroatoms. The minimum absolute atomic E-state index is 0.0885. The van der Waals surface area contributed by atoms with E-state index in [1.807, 2.05) is 30.3 Å². The third-order valence-electron chi connectivity index (χ3n) is 4.55. The number of hydrogen-bond acceptors (Lipinski definition) is 5. The number of para-hydroxylation sites is 1. The number of nitrogens with one attached hydrogen (secondary N) is 2. The molecule has 1 atom stereocenters. The number of rotatable bonds is 7. The minimum Gasteiger partial charge on any atom is -0.301 e. The molecular weight excluding hydrogens is 437 g/mol. The largest absolute Gasteiger partial charge is 0.301 e. The molecule has 4 rings (SSSR count). The number of thiazole rings is 1. The van der Waals surface area contributed by atoms with Crippen LogP contribution in [0.3, 0.4) is 0 Å². The van der Waals surface area contributed by atoms with Gasteiger partial charge < -0.3 is 5.32 Å². The monoisotopic (exact) mass is 455 g/mol. The van der Waals surface area contributed by atoms with Gasteiger partial charge in [0.05, 0.1) is 10.2 Å². The first-order valence-corrected chi connectivity index (χ1v) is 11.7.